The van der Waals surface area contributed by atoms with Crippen molar-refractivity contribution in [3.05, 3.63) is 65.0 Å². The minimum Gasteiger partial charge on any atom is -0.478 e. The Kier molecular flexibility index (Phi) is 3.71. The van der Waals surface area contributed by atoms with Gasteiger partial charge in [0, 0.05) is 24.4 Å². The fourth-order valence-electron chi connectivity index (χ4n) is 1.79. The summed E-state index contributed by atoms with van der Waals surface area (Å²) in [7, 11) is 0. The second kappa shape index (κ2) is 5.44. The standard InChI is InChI=1S/C15H13NO3/c1-10-2-4-11(5-3-10)8-14(17)12-6-7-16-9-13(12)15(18)19/h2-7,9H,8H2,1H3,(H,18,19). The first-order chi connectivity index (χ1) is 9.08. The van der Waals surface area contributed by atoms with Crippen molar-refractivity contribution in [3.63, 3.8) is 0 Å². The highest BCUT2D eigenvalue weighted by Crippen LogP contribution is 2.12. The van der Waals surface area contributed by atoms with E-state index in [0.29, 0.717) is 0 Å². The van der Waals surface area contributed by atoms with Gasteiger partial charge in [0.25, 0.3) is 0 Å². The summed E-state index contributed by atoms with van der Waals surface area (Å²) < 4.78 is 0. The molecule has 1 heterocycles. The Morgan fingerprint density at radius 1 is 1.11 bits per heavy atom. The number of carboxylic acid groups (broad SMARTS) is 1. The molecule has 0 bridgehead atoms. The van der Waals surface area contributed by atoms with Gasteiger partial charge in [0.15, 0.2) is 5.78 Å². The number of carbonyl (C=O) groups excluding carboxylic acids is 1. The van der Waals surface area contributed by atoms with E-state index in [1.807, 2.05) is 31.2 Å². The molecule has 19 heavy (non-hydrogen) atoms. The number of hydrogen-bond acceptors (Lipinski definition) is 3. The second-order valence-electron chi connectivity index (χ2n) is 4.31. The van der Waals surface area contributed by atoms with E-state index in [9.17, 15) is 9.59 Å². The molecule has 0 aliphatic carbocycles. The smallest absolute Gasteiger partial charge is 0.338 e. The molecule has 2 rings (SSSR count). The second-order valence-corrected chi connectivity index (χ2v) is 4.31. The van der Waals surface area contributed by atoms with E-state index in [0.717, 1.165) is 11.1 Å². The number of benzene rings is 1. The molecule has 1 N–H and O–H groups in total. The van der Waals surface area contributed by atoms with Gasteiger partial charge in [-0.15, -0.1) is 0 Å². The zero-order valence-electron chi connectivity index (χ0n) is 10.5. The molecule has 4 nitrogen and oxygen atoms in total. The first-order valence-electron chi connectivity index (χ1n) is 5.84. The van der Waals surface area contributed by atoms with Crippen molar-refractivity contribution in [2.45, 2.75) is 13.3 Å². The molecule has 2 aromatic rings. The summed E-state index contributed by atoms with van der Waals surface area (Å²) >= 11 is 0. The molecular formula is C15H13NO3. The van der Waals surface area contributed by atoms with E-state index in [1.165, 1.54) is 18.5 Å². The van der Waals surface area contributed by atoms with Crippen molar-refractivity contribution in [1.29, 1.82) is 0 Å². The summed E-state index contributed by atoms with van der Waals surface area (Å²) in [4.78, 5) is 26.9. The number of aryl methyl sites for hydroxylation is 1. The predicted molar refractivity (Wildman–Crippen MR) is 70.4 cm³/mol. The SMILES string of the molecule is Cc1ccc(CC(=O)c2ccncc2C(=O)O)cc1. The number of ketones is 1. The molecule has 0 radical (unpaired) electrons. The molecule has 0 amide bonds. The molecule has 0 saturated heterocycles. The third-order valence-electron chi connectivity index (χ3n) is 2.84. The van der Waals surface area contributed by atoms with E-state index in [1.54, 1.807) is 0 Å². The van der Waals surface area contributed by atoms with E-state index in [2.05, 4.69) is 4.98 Å². The lowest BCUT2D eigenvalue weighted by Crippen LogP contribution is -2.11. The van der Waals surface area contributed by atoms with Crippen molar-refractivity contribution < 1.29 is 14.7 Å². The van der Waals surface area contributed by atoms with E-state index in [4.69, 9.17) is 5.11 Å². The number of aromatic carboxylic acids is 1. The first kappa shape index (κ1) is 13.0. The molecule has 0 fully saturated rings. The molecule has 1 aromatic heterocycles. The Hall–Kier alpha value is -2.49. The van der Waals surface area contributed by atoms with Crippen molar-refractivity contribution in [1.82, 2.24) is 4.98 Å². The summed E-state index contributed by atoms with van der Waals surface area (Å²) in [5.74, 6) is -1.36. The highest BCUT2D eigenvalue weighted by molar-refractivity contribution is 6.06. The van der Waals surface area contributed by atoms with Gasteiger partial charge < -0.3 is 5.11 Å². The number of rotatable bonds is 4. The molecule has 96 valence electrons. The number of Topliss-reactive ketones (excluding diaryl/α,β-unsaturated/α-hetero) is 1. The van der Waals surface area contributed by atoms with Crippen LogP contribution in [-0.4, -0.2) is 21.8 Å². The Labute approximate surface area is 110 Å². The molecule has 1 aromatic carbocycles. The Morgan fingerprint density at radius 3 is 2.42 bits per heavy atom. The summed E-state index contributed by atoms with van der Waals surface area (Å²) in [5.41, 5.74) is 2.12. The van der Waals surface area contributed by atoms with Gasteiger partial charge in [0.2, 0.25) is 0 Å². The van der Waals surface area contributed by atoms with Gasteiger partial charge in [-0.05, 0) is 18.6 Å². The number of carbonyl (C=O) groups is 2. The molecule has 0 spiro atoms. The average Bonchev–Trinajstić information content (AvgIpc) is 2.41. The van der Waals surface area contributed by atoms with E-state index >= 15 is 0 Å². The van der Waals surface area contributed by atoms with Gasteiger partial charge in [0.1, 0.15) is 0 Å². The number of pyridine rings is 1. The highest BCUT2D eigenvalue weighted by atomic mass is 16.4. The molecule has 0 unspecified atom stereocenters. The molecule has 0 atom stereocenters. The first-order valence-corrected chi connectivity index (χ1v) is 5.84. The molecule has 0 saturated carbocycles. The molecular weight excluding hydrogens is 242 g/mol. The van der Waals surface area contributed by atoms with Gasteiger partial charge >= 0.3 is 5.97 Å². The average molecular weight is 255 g/mol. The Balaban J connectivity index is 2.25. The van der Waals surface area contributed by atoms with Crippen LogP contribution in [0.1, 0.15) is 31.8 Å². The topological polar surface area (TPSA) is 67.3 Å². The van der Waals surface area contributed by atoms with Crippen LogP contribution in [0.15, 0.2) is 42.7 Å². The molecule has 0 aliphatic heterocycles. The maximum absolute atomic E-state index is 12.1. The van der Waals surface area contributed by atoms with Crippen LogP contribution in [-0.2, 0) is 6.42 Å². The minimum atomic E-state index is -1.14. The predicted octanol–water partition coefficient (Wildman–Crippen LogP) is 2.51. The van der Waals surface area contributed by atoms with Crippen molar-refractivity contribution in [2.75, 3.05) is 0 Å². The van der Waals surface area contributed by atoms with Gasteiger partial charge in [-0.2, -0.15) is 0 Å². The number of carboxylic acids is 1. The van der Waals surface area contributed by atoms with E-state index in [-0.39, 0.29) is 23.3 Å². The van der Waals surface area contributed by atoms with Crippen LogP contribution in [0, 0.1) is 6.92 Å². The lowest BCUT2D eigenvalue weighted by molar-refractivity contribution is 0.0691. The summed E-state index contributed by atoms with van der Waals surface area (Å²) in [6.07, 6.45) is 2.81. The quantitative estimate of drug-likeness (QED) is 0.852. The van der Waals surface area contributed by atoms with Crippen LogP contribution in [0.4, 0.5) is 0 Å². The van der Waals surface area contributed by atoms with Crippen molar-refractivity contribution in [3.8, 4) is 0 Å². The lowest BCUT2D eigenvalue weighted by atomic mass is 9.99. The maximum atomic E-state index is 12.1. The molecule has 4 heteroatoms. The highest BCUT2D eigenvalue weighted by Gasteiger charge is 2.16. The summed E-state index contributed by atoms with van der Waals surface area (Å²) in [6.45, 7) is 1.97. The number of hydrogen-bond donors (Lipinski definition) is 1. The van der Waals surface area contributed by atoms with Crippen LogP contribution in [0.5, 0.6) is 0 Å². The van der Waals surface area contributed by atoms with Crippen LogP contribution in [0.3, 0.4) is 0 Å². The molecule has 0 aliphatic rings. The third-order valence-corrected chi connectivity index (χ3v) is 2.84. The van der Waals surface area contributed by atoms with Crippen LogP contribution in [0.2, 0.25) is 0 Å². The van der Waals surface area contributed by atoms with Gasteiger partial charge in [-0.25, -0.2) is 4.79 Å². The maximum Gasteiger partial charge on any atom is 0.338 e. The minimum absolute atomic E-state index is 0.0559. The fraction of sp³-hybridized carbons (Fsp3) is 0.133. The fourth-order valence-corrected chi connectivity index (χ4v) is 1.79. The van der Waals surface area contributed by atoms with E-state index < -0.39 is 5.97 Å². The Morgan fingerprint density at radius 2 is 1.79 bits per heavy atom. The van der Waals surface area contributed by atoms with Gasteiger partial charge in [-0.3, -0.25) is 9.78 Å². The number of aromatic nitrogens is 1. The zero-order valence-corrected chi connectivity index (χ0v) is 10.5. The third kappa shape index (κ3) is 3.04. The number of nitrogens with zero attached hydrogens (tertiary/aromatic N) is 1. The van der Waals surface area contributed by atoms with Gasteiger partial charge in [-0.1, -0.05) is 29.8 Å². The monoisotopic (exact) mass is 255 g/mol. The van der Waals surface area contributed by atoms with Crippen molar-refractivity contribution >= 4 is 11.8 Å². The normalized spacial score (nSPS) is 10.2. The van der Waals surface area contributed by atoms with Crippen LogP contribution < -0.4 is 0 Å². The lowest BCUT2D eigenvalue weighted by Gasteiger charge is -2.05. The van der Waals surface area contributed by atoms with Crippen LogP contribution >= 0.6 is 0 Å². The van der Waals surface area contributed by atoms with Gasteiger partial charge in [0.05, 0.1) is 5.56 Å². The Bertz CT molecular complexity index is 618. The van der Waals surface area contributed by atoms with Crippen LogP contribution in [0.25, 0.3) is 0 Å². The largest absolute Gasteiger partial charge is 0.478 e. The summed E-state index contributed by atoms with van der Waals surface area (Å²) in [6, 6.07) is 9.03. The van der Waals surface area contributed by atoms with Crippen molar-refractivity contribution in [2.24, 2.45) is 0 Å². The zero-order chi connectivity index (χ0) is 13.8. The summed E-state index contributed by atoms with van der Waals surface area (Å²) in [5, 5.41) is 9.02.